The van der Waals surface area contributed by atoms with E-state index in [-0.39, 0.29) is 19.1 Å². The highest BCUT2D eigenvalue weighted by Crippen LogP contribution is 2.41. The summed E-state index contributed by atoms with van der Waals surface area (Å²) in [5.74, 6) is -1.48. The summed E-state index contributed by atoms with van der Waals surface area (Å²) >= 11 is 0. The minimum Gasteiger partial charge on any atom is -0.480 e. The number of carboxylic acids is 1. The first-order valence-corrected chi connectivity index (χ1v) is 18.7. The molecule has 1 unspecified atom stereocenters. The number of aliphatic hydroxyl groups is 1. The van der Waals surface area contributed by atoms with Crippen LogP contribution in [0.3, 0.4) is 0 Å². The molecule has 2 amide bonds. The minimum absolute atomic E-state index is 0.0163. The zero-order valence-corrected chi connectivity index (χ0v) is 32.7. The third-order valence-corrected chi connectivity index (χ3v) is 9.84. The van der Waals surface area contributed by atoms with E-state index in [1.807, 2.05) is 37.3 Å². The smallest absolute Gasteiger partial charge is 0.408 e. The number of aromatic nitrogens is 2. The lowest BCUT2D eigenvalue weighted by atomic mass is 9.84. The highest BCUT2D eigenvalue weighted by molar-refractivity contribution is 5.95. The summed E-state index contributed by atoms with van der Waals surface area (Å²) < 4.78 is 13.6. The van der Waals surface area contributed by atoms with Gasteiger partial charge in [0.15, 0.2) is 0 Å². The largest absolute Gasteiger partial charge is 0.480 e. The third-order valence-electron chi connectivity index (χ3n) is 9.84. The molecule has 0 aliphatic carbocycles. The molecule has 0 radical (unpaired) electrons. The average Bonchev–Trinajstić information content (AvgIpc) is 3.44. The summed E-state index contributed by atoms with van der Waals surface area (Å²) in [6, 6.07) is 16.4. The lowest BCUT2D eigenvalue weighted by molar-refractivity contribution is -0.147. The number of ether oxygens (including phenoxy) is 2. The van der Waals surface area contributed by atoms with E-state index in [1.165, 1.54) is 5.01 Å². The first kappa shape index (κ1) is 40.4. The van der Waals surface area contributed by atoms with Crippen molar-refractivity contribution in [1.29, 1.82) is 0 Å². The van der Waals surface area contributed by atoms with Crippen LogP contribution in [0.2, 0.25) is 0 Å². The number of rotatable bonds is 13. The average molecular weight is 742 g/mol. The van der Waals surface area contributed by atoms with Crippen molar-refractivity contribution in [3.8, 4) is 22.4 Å². The van der Waals surface area contributed by atoms with E-state index in [9.17, 15) is 24.6 Å². The van der Waals surface area contributed by atoms with Crippen molar-refractivity contribution in [2.24, 2.45) is 5.41 Å². The Bertz CT molecular complexity index is 1980. The third kappa shape index (κ3) is 9.29. The van der Waals surface area contributed by atoms with Crippen molar-refractivity contribution in [3.63, 3.8) is 0 Å². The summed E-state index contributed by atoms with van der Waals surface area (Å²) in [4.78, 5) is 43.3. The van der Waals surface area contributed by atoms with E-state index in [0.717, 1.165) is 56.7 Å². The number of aliphatic carboxylic acids is 1. The van der Waals surface area contributed by atoms with Crippen molar-refractivity contribution in [3.05, 3.63) is 77.6 Å². The predicted octanol–water partition coefficient (Wildman–Crippen LogP) is 6.67. The number of carbonyl (C=O) groups excluding carboxylic acids is 2. The molecule has 1 saturated heterocycles. The Balaban J connectivity index is 1.57. The maximum atomic E-state index is 13.9. The van der Waals surface area contributed by atoms with Crippen molar-refractivity contribution in [1.82, 2.24) is 25.3 Å². The molecule has 4 aromatic rings. The molecule has 3 heterocycles. The standard InChI is InChI=1S/C42H55N5O7/c1-9-46-35-18-17-29(23-31(35)32(24-42(6,7)25-48)37(46)30-15-11-19-43-36(30)26(2)53-8)28-14-10-13-27(21-28)22-34(44-40(52)54-41(3,4)5)38(49)47-20-12-16-33(45-47)39(50)51/h10-11,13-15,17-19,21,23,26,33-34,45,48H,9,12,16,20,22,24-25H2,1-8H3,(H,44,52)(H,50,51)/t26?,33-,34-/m0/s1. The Morgan fingerprint density at radius 2 is 1.80 bits per heavy atom. The van der Waals surface area contributed by atoms with E-state index >= 15 is 0 Å². The minimum atomic E-state index is -1.04. The second-order valence-electron chi connectivity index (χ2n) is 15.9. The molecular formula is C42H55N5O7. The number of fused-ring (bicyclic) bond motifs is 1. The quantitative estimate of drug-likeness (QED) is 0.118. The molecule has 12 heteroatoms. The SMILES string of the molecule is CCn1c(-c2cccnc2C(C)OC)c(CC(C)(C)CO)c2cc(-c3cccc(C[C@H](NC(=O)OC(C)(C)C)C(=O)N4CCC[C@@H](C(=O)O)N4)c3)ccc21. The molecule has 2 aromatic carbocycles. The highest BCUT2D eigenvalue weighted by atomic mass is 16.6. The van der Waals surface area contributed by atoms with E-state index < -0.39 is 41.1 Å². The fraction of sp³-hybridized carbons (Fsp3) is 0.476. The lowest BCUT2D eigenvalue weighted by Gasteiger charge is -2.34. The van der Waals surface area contributed by atoms with Crippen molar-refractivity contribution in [2.75, 3.05) is 20.3 Å². The van der Waals surface area contributed by atoms with Gasteiger partial charge in [0.25, 0.3) is 5.91 Å². The molecule has 0 saturated carbocycles. The number of amides is 2. The zero-order valence-electron chi connectivity index (χ0n) is 32.7. The van der Waals surface area contributed by atoms with Crippen molar-refractivity contribution in [2.45, 2.75) is 104 Å². The molecule has 3 atom stereocenters. The fourth-order valence-corrected chi connectivity index (χ4v) is 7.08. The van der Waals surface area contributed by atoms with Gasteiger partial charge >= 0.3 is 12.1 Å². The van der Waals surface area contributed by atoms with Gasteiger partial charge in [-0.15, -0.1) is 0 Å². The summed E-state index contributed by atoms with van der Waals surface area (Å²) in [5.41, 5.74) is 9.40. The van der Waals surface area contributed by atoms with Gasteiger partial charge in [0, 0.05) is 55.9 Å². The zero-order chi connectivity index (χ0) is 39.4. The Hall–Kier alpha value is -4.78. The van der Waals surface area contributed by atoms with Crippen LogP contribution in [0.15, 0.2) is 60.8 Å². The number of nitrogens with one attached hydrogen (secondary N) is 2. The van der Waals surface area contributed by atoms with Crippen LogP contribution in [-0.2, 0) is 38.4 Å². The summed E-state index contributed by atoms with van der Waals surface area (Å²) in [7, 11) is 1.68. The van der Waals surface area contributed by atoms with E-state index in [2.05, 4.69) is 60.3 Å². The maximum Gasteiger partial charge on any atom is 0.408 e. The van der Waals surface area contributed by atoms with Gasteiger partial charge in [-0.25, -0.2) is 10.2 Å². The molecule has 290 valence electrons. The number of hydrogen-bond donors (Lipinski definition) is 4. The number of aliphatic hydroxyl groups excluding tert-OH is 1. The molecule has 12 nitrogen and oxygen atoms in total. The molecular weight excluding hydrogens is 686 g/mol. The van der Waals surface area contributed by atoms with Crippen molar-refractivity contribution < 1.29 is 34.1 Å². The molecule has 4 N–H and O–H groups in total. The summed E-state index contributed by atoms with van der Waals surface area (Å²) in [6.45, 7) is 14.5. The molecule has 1 aliphatic heterocycles. The van der Waals surface area contributed by atoms with Gasteiger partial charge in [-0.3, -0.25) is 19.6 Å². The Labute approximate surface area is 317 Å². The number of carboxylic acid groups (broad SMARTS) is 1. The molecule has 0 bridgehead atoms. The second-order valence-corrected chi connectivity index (χ2v) is 15.9. The topological polar surface area (TPSA) is 155 Å². The molecule has 5 rings (SSSR count). The van der Waals surface area contributed by atoms with Crippen LogP contribution in [0, 0.1) is 5.41 Å². The number of alkyl carbamates (subject to hydrolysis) is 1. The van der Waals surface area contributed by atoms with Gasteiger partial charge in [0.1, 0.15) is 17.7 Å². The monoisotopic (exact) mass is 741 g/mol. The molecule has 1 fully saturated rings. The number of nitrogens with zero attached hydrogens (tertiary/aromatic N) is 3. The number of pyridine rings is 1. The van der Waals surface area contributed by atoms with Crippen LogP contribution < -0.4 is 10.7 Å². The van der Waals surface area contributed by atoms with Crippen LogP contribution in [0.5, 0.6) is 0 Å². The second kappa shape index (κ2) is 16.7. The predicted molar refractivity (Wildman–Crippen MR) is 209 cm³/mol. The van der Waals surface area contributed by atoms with Crippen LogP contribution in [0.4, 0.5) is 4.79 Å². The Morgan fingerprint density at radius 3 is 2.46 bits per heavy atom. The molecule has 54 heavy (non-hydrogen) atoms. The Morgan fingerprint density at radius 1 is 1.06 bits per heavy atom. The first-order chi connectivity index (χ1) is 25.6. The van der Waals surface area contributed by atoms with Gasteiger partial charge < -0.3 is 29.6 Å². The number of hydrazine groups is 1. The van der Waals surface area contributed by atoms with Crippen molar-refractivity contribution >= 4 is 28.9 Å². The number of aryl methyl sites for hydroxylation is 1. The van der Waals surface area contributed by atoms with Gasteiger partial charge in [0.05, 0.1) is 17.5 Å². The Kier molecular flexibility index (Phi) is 12.5. The van der Waals surface area contributed by atoms with Crippen LogP contribution >= 0.6 is 0 Å². The number of hydrogen-bond acceptors (Lipinski definition) is 8. The number of benzene rings is 2. The number of carbonyl (C=O) groups is 3. The van der Waals surface area contributed by atoms with Gasteiger partial charge in [-0.05, 0) is 106 Å². The highest BCUT2D eigenvalue weighted by Gasteiger charge is 2.34. The van der Waals surface area contributed by atoms with E-state index in [4.69, 9.17) is 14.5 Å². The maximum absolute atomic E-state index is 13.9. The van der Waals surface area contributed by atoms with Crippen LogP contribution in [-0.4, -0.2) is 80.7 Å². The normalized spacial score (nSPS) is 16.2. The first-order valence-electron chi connectivity index (χ1n) is 18.7. The molecule has 1 aliphatic rings. The molecule has 2 aromatic heterocycles. The van der Waals surface area contributed by atoms with E-state index in [1.54, 1.807) is 34.1 Å². The van der Waals surface area contributed by atoms with Crippen LogP contribution in [0.25, 0.3) is 33.3 Å². The van der Waals surface area contributed by atoms with Crippen LogP contribution in [0.1, 0.15) is 84.2 Å². The van der Waals surface area contributed by atoms with E-state index in [0.29, 0.717) is 25.8 Å². The number of methoxy groups -OCH3 is 1. The summed E-state index contributed by atoms with van der Waals surface area (Å²) in [5, 5.41) is 25.1. The van der Waals surface area contributed by atoms with Gasteiger partial charge in [0.2, 0.25) is 0 Å². The van der Waals surface area contributed by atoms with Gasteiger partial charge in [-0.2, -0.15) is 0 Å². The molecule has 0 spiro atoms. The fourth-order valence-electron chi connectivity index (χ4n) is 7.08. The van der Waals surface area contributed by atoms with Gasteiger partial charge in [-0.1, -0.05) is 44.2 Å². The lowest BCUT2D eigenvalue weighted by Crippen LogP contribution is -2.60. The summed E-state index contributed by atoms with van der Waals surface area (Å²) in [6.07, 6.45) is 2.50.